The van der Waals surface area contributed by atoms with Crippen molar-refractivity contribution >= 4 is 24.2 Å². The van der Waals surface area contributed by atoms with Gasteiger partial charge in [-0.15, -0.1) is 12.4 Å². The topological polar surface area (TPSA) is 70.5 Å². The Balaban J connectivity index is 0.00000308. The second-order valence-electron chi connectivity index (χ2n) is 11.4. The summed E-state index contributed by atoms with van der Waals surface area (Å²) in [5, 5.41) is 7.59. The first-order valence-corrected chi connectivity index (χ1v) is 14.0. The van der Waals surface area contributed by atoms with Crippen LogP contribution in [-0.2, 0) is 16.1 Å². The van der Waals surface area contributed by atoms with Crippen LogP contribution in [0.1, 0.15) is 55.7 Å². The van der Waals surface area contributed by atoms with Gasteiger partial charge in [0.2, 0.25) is 11.8 Å². The van der Waals surface area contributed by atoms with Gasteiger partial charge in [-0.3, -0.25) is 9.59 Å². The molecule has 0 unspecified atom stereocenters. The highest BCUT2D eigenvalue weighted by Gasteiger charge is 2.44. The number of rotatable bonds is 9. The first kappa shape index (κ1) is 27.4. The second-order valence-corrected chi connectivity index (χ2v) is 11.4. The summed E-state index contributed by atoms with van der Waals surface area (Å²) >= 11 is 0. The van der Waals surface area contributed by atoms with Crippen LogP contribution in [-0.4, -0.2) is 57.6 Å². The number of benzene rings is 2. The number of carbonyl (C=O) groups is 2. The lowest BCUT2D eigenvalue weighted by molar-refractivity contribution is -0.128. The quantitative estimate of drug-likeness (QED) is 0.419. The Bertz CT molecular complexity index is 1240. The number of piperidine rings is 1. The van der Waals surface area contributed by atoms with Crippen LogP contribution >= 0.6 is 12.4 Å². The molecular weight excluding hydrogens is 510 g/mol. The van der Waals surface area contributed by atoms with Crippen molar-refractivity contribution in [3.8, 4) is 5.69 Å². The fourth-order valence-corrected chi connectivity index (χ4v) is 6.06. The Morgan fingerprint density at radius 1 is 1.03 bits per heavy atom. The summed E-state index contributed by atoms with van der Waals surface area (Å²) in [4.78, 5) is 30.1. The van der Waals surface area contributed by atoms with Crippen LogP contribution < -0.4 is 5.32 Å². The number of amides is 2. The average molecular weight is 548 g/mol. The molecule has 6 rings (SSSR count). The smallest absolute Gasteiger partial charge is 0.223 e. The molecule has 1 N–H and O–H groups in total. The van der Waals surface area contributed by atoms with Gasteiger partial charge in [0.15, 0.2) is 0 Å². The van der Waals surface area contributed by atoms with Gasteiger partial charge in [0.05, 0.1) is 11.7 Å². The van der Waals surface area contributed by atoms with Crippen LogP contribution in [0.4, 0.5) is 0 Å². The molecule has 206 valence electrons. The fourth-order valence-electron chi connectivity index (χ4n) is 6.06. The molecule has 2 aromatic carbocycles. The van der Waals surface area contributed by atoms with E-state index in [-0.39, 0.29) is 41.6 Å². The SMILES string of the molecule is Cl.O=C(N[C@@H](CCN1CCC2(CC1)CC(=O)N(Cc1ccc(-n3cccn3)cc1)C2)c1ccccc1)C1CC1. The summed E-state index contributed by atoms with van der Waals surface area (Å²) in [7, 11) is 0. The fraction of sp³-hybridized carbons (Fsp3) is 0.452. The standard InChI is InChI=1S/C31H37N5O2.ClH/c37-29-21-31(23-35(29)22-24-7-11-27(12-8-24)36-17-4-16-32-36)14-19-34(20-15-31)18-13-28(25-5-2-1-3-6-25)33-30(38)26-9-10-26;/h1-8,11-12,16-17,26,28H,9-10,13-15,18-23H2,(H,33,38);1H/t28-;/m0./s1. The van der Waals surface area contributed by atoms with Crippen LogP contribution in [0.25, 0.3) is 5.69 Å². The lowest BCUT2D eigenvalue weighted by atomic mass is 9.77. The van der Waals surface area contributed by atoms with Gasteiger partial charge in [0.1, 0.15) is 0 Å². The van der Waals surface area contributed by atoms with Gasteiger partial charge >= 0.3 is 0 Å². The largest absolute Gasteiger partial charge is 0.349 e. The Hall–Kier alpha value is -3.16. The molecule has 0 radical (unpaired) electrons. The molecule has 2 aliphatic heterocycles. The molecule has 0 bridgehead atoms. The van der Waals surface area contributed by atoms with Crippen LogP contribution in [0.5, 0.6) is 0 Å². The van der Waals surface area contributed by atoms with E-state index >= 15 is 0 Å². The van der Waals surface area contributed by atoms with Crippen LogP contribution in [0.2, 0.25) is 0 Å². The van der Waals surface area contributed by atoms with Crippen molar-refractivity contribution in [2.24, 2.45) is 11.3 Å². The van der Waals surface area contributed by atoms with Crippen molar-refractivity contribution in [2.45, 2.75) is 51.1 Å². The molecule has 3 aliphatic rings. The maximum absolute atomic E-state index is 13.0. The second kappa shape index (κ2) is 11.9. The van der Waals surface area contributed by atoms with Gasteiger partial charge in [-0.25, -0.2) is 4.68 Å². The molecule has 39 heavy (non-hydrogen) atoms. The minimum Gasteiger partial charge on any atom is -0.349 e. The van der Waals surface area contributed by atoms with Crippen molar-refractivity contribution in [1.29, 1.82) is 0 Å². The minimum atomic E-state index is 0. The molecule has 1 saturated carbocycles. The molecule has 3 aromatic rings. The summed E-state index contributed by atoms with van der Waals surface area (Å²) in [6, 6.07) is 20.7. The van der Waals surface area contributed by atoms with E-state index in [0.717, 1.165) is 69.5 Å². The average Bonchev–Trinajstić information content (AvgIpc) is 3.57. The molecule has 1 spiro atoms. The highest BCUT2D eigenvalue weighted by atomic mass is 35.5. The Labute approximate surface area is 237 Å². The van der Waals surface area contributed by atoms with Gasteiger partial charge in [0.25, 0.3) is 0 Å². The highest BCUT2D eigenvalue weighted by molar-refractivity contribution is 5.85. The lowest BCUT2D eigenvalue weighted by Gasteiger charge is -2.39. The van der Waals surface area contributed by atoms with E-state index in [0.29, 0.717) is 13.0 Å². The third kappa shape index (κ3) is 6.53. The number of likely N-dealkylation sites (tertiary alicyclic amines) is 2. The number of carbonyl (C=O) groups excluding carboxylic acids is 2. The van der Waals surface area contributed by atoms with E-state index in [1.54, 1.807) is 6.20 Å². The number of halogens is 1. The summed E-state index contributed by atoms with van der Waals surface area (Å²) in [5.41, 5.74) is 3.47. The summed E-state index contributed by atoms with van der Waals surface area (Å²) in [6.07, 6.45) is 9.43. The van der Waals surface area contributed by atoms with Gasteiger partial charge in [-0.05, 0) is 79.9 Å². The molecule has 3 fully saturated rings. The van der Waals surface area contributed by atoms with E-state index in [2.05, 4.69) is 56.6 Å². The number of aromatic nitrogens is 2. The predicted molar refractivity (Wildman–Crippen MR) is 154 cm³/mol. The predicted octanol–water partition coefficient (Wildman–Crippen LogP) is 4.77. The van der Waals surface area contributed by atoms with Crippen molar-refractivity contribution < 1.29 is 9.59 Å². The van der Waals surface area contributed by atoms with Crippen molar-refractivity contribution in [3.63, 3.8) is 0 Å². The zero-order valence-electron chi connectivity index (χ0n) is 22.4. The molecule has 1 aromatic heterocycles. The maximum Gasteiger partial charge on any atom is 0.223 e. The van der Waals surface area contributed by atoms with Gasteiger partial charge < -0.3 is 15.1 Å². The first-order chi connectivity index (χ1) is 18.6. The molecule has 1 aliphatic carbocycles. The van der Waals surface area contributed by atoms with E-state index in [1.165, 1.54) is 5.56 Å². The number of hydrogen-bond donors (Lipinski definition) is 1. The normalized spacial score (nSPS) is 19.6. The molecule has 2 saturated heterocycles. The zero-order chi connectivity index (χ0) is 26.0. The molecular formula is C31H38ClN5O2. The number of nitrogens with zero attached hydrogens (tertiary/aromatic N) is 4. The maximum atomic E-state index is 13.0. The number of hydrogen-bond acceptors (Lipinski definition) is 4. The van der Waals surface area contributed by atoms with E-state index in [4.69, 9.17) is 0 Å². The van der Waals surface area contributed by atoms with E-state index in [1.807, 2.05) is 35.1 Å². The third-order valence-electron chi connectivity index (χ3n) is 8.60. The van der Waals surface area contributed by atoms with Crippen LogP contribution in [0, 0.1) is 11.3 Å². The summed E-state index contributed by atoms with van der Waals surface area (Å²) < 4.78 is 1.84. The molecule has 3 heterocycles. The highest BCUT2D eigenvalue weighted by Crippen LogP contribution is 2.41. The van der Waals surface area contributed by atoms with Crippen molar-refractivity contribution in [1.82, 2.24) is 24.9 Å². The lowest BCUT2D eigenvalue weighted by Crippen LogP contribution is -2.42. The van der Waals surface area contributed by atoms with Crippen molar-refractivity contribution in [2.75, 3.05) is 26.2 Å². The summed E-state index contributed by atoms with van der Waals surface area (Å²) in [5.74, 6) is 0.701. The Kier molecular flexibility index (Phi) is 8.38. The van der Waals surface area contributed by atoms with Gasteiger partial charge in [0, 0.05) is 44.4 Å². The van der Waals surface area contributed by atoms with Gasteiger partial charge in [-0.2, -0.15) is 5.10 Å². The van der Waals surface area contributed by atoms with Crippen molar-refractivity contribution in [3.05, 3.63) is 84.2 Å². The minimum absolute atomic E-state index is 0. The zero-order valence-corrected chi connectivity index (χ0v) is 23.2. The molecule has 1 atom stereocenters. The molecule has 7 nitrogen and oxygen atoms in total. The molecule has 2 amide bonds. The van der Waals surface area contributed by atoms with Crippen LogP contribution in [0.15, 0.2) is 73.1 Å². The Morgan fingerprint density at radius 2 is 1.77 bits per heavy atom. The summed E-state index contributed by atoms with van der Waals surface area (Å²) in [6.45, 7) is 4.50. The third-order valence-corrected chi connectivity index (χ3v) is 8.60. The Morgan fingerprint density at radius 3 is 2.44 bits per heavy atom. The van der Waals surface area contributed by atoms with Gasteiger partial charge in [-0.1, -0.05) is 42.5 Å². The molecule has 8 heteroatoms. The number of nitrogens with one attached hydrogen (secondary N) is 1. The van der Waals surface area contributed by atoms with E-state index in [9.17, 15) is 9.59 Å². The monoisotopic (exact) mass is 547 g/mol. The van der Waals surface area contributed by atoms with E-state index < -0.39 is 0 Å². The first-order valence-electron chi connectivity index (χ1n) is 14.0. The van der Waals surface area contributed by atoms with Crippen LogP contribution in [0.3, 0.4) is 0 Å².